The average Bonchev–Trinajstić information content (AvgIpc) is 2.60. The maximum atomic E-state index is 12.4. The van der Waals surface area contributed by atoms with Crippen LogP contribution in [0.15, 0.2) is 36.4 Å². The molecule has 2 amide bonds. The van der Waals surface area contributed by atoms with Crippen molar-refractivity contribution in [2.75, 3.05) is 32.0 Å². The molecule has 2 rings (SSSR count). The summed E-state index contributed by atoms with van der Waals surface area (Å²) in [6.45, 7) is 1.43. The molecule has 0 spiro atoms. The predicted molar refractivity (Wildman–Crippen MR) is 99.2 cm³/mol. The van der Waals surface area contributed by atoms with Crippen molar-refractivity contribution in [3.8, 4) is 17.2 Å². The lowest BCUT2D eigenvalue weighted by Gasteiger charge is -2.15. The monoisotopic (exact) mass is 358 g/mol. The Kier molecular flexibility index (Phi) is 6.43. The molecule has 0 heterocycles. The van der Waals surface area contributed by atoms with Gasteiger partial charge in [-0.3, -0.25) is 9.59 Å². The number of carbonyl (C=O) groups is 2. The molecule has 0 saturated carbocycles. The molecule has 0 unspecified atom stereocenters. The van der Waals surface area contributed by atoms with Crippen LogP contribution in [0, 0.1) is 0 Å². The molecule has 7 heteroatoms. The van der Waals surface area contributed by atoms with Gasteiger partial charge < -0.3 is 24.8 Å². The first kappa shape index (κ1) is 19.1. The van der Waals surface area contributed by atoms with E-state index in [0.717, 1.165) is 0 Å². The first-order chi connectivity index (χ1) is 12.5. The number of rotatable bonds is 7. The lowest BCUT2D eigenvalue weighted by Crippen LogP contribution is -2.15. The van der Waals surface area contributed by atoms with Crippen LogP contribution >= 0.6 is 0 Å². The van der Waals surface area contributed by atoms with E-state index in [9.17, 15) is 9.59 Å². The molecule has 0 radical (unpaired) electrons. The number of methoxy groups -OCH3 is 3. The van der Waals surface area contributed by atoms with Crippen LogP contribution in [0.4, 0.5) is 11.4 Å². The van der Waals surface area contributed by atoms with Crippen molar-refractivity contribution in [3.63, 3.8) is 0 Å². The Hall–Kier alpha value is -3.22. The summed E-state index contributed by atoms with van der Waals surface area (Å²) in [6, 6.07) is 10.4. The van der Waals surface area contributed by atoms with Gasteiger partial charge in [0, 0.05) is 23.9 Å². The maximum Gasteiger partial charge on any atom is 0.228 e. The molecule has 0 bridgehead atoms. The van der Waals surface area contributed by atoms with Gasteiger partial charge in [-0.15, -0.1) is 0 Å². The standard InChI is InChI=1S/C19H22N2O5/c1-12(22)20-14-6-5-7-15(11-14)21-17(23)10-13-8-9-16(24-2)19(26-4)18(13)25-3/h5-9,11H,10H2,1-4H3,(H,20,22)(H,21,23). The van der Waals surface area contributed by atoms with Gasteiger partial charge in [-0.25, -0.2) is 0 Å². The number of anilines is 2. The zero-order valence-corrected chi connectivity index (χ0v) is 15.2. The van der Waals surface area contributed by atoms with Gasteiger partial charge in [0.25, 0.3) is 0 Å². The topological polar surface area (TPSA) is 85.9 Å². The zero-order valence-electron chi connectivity index (χ0n) is 15.2. The molecule has 2 N–H and O–H groups in total. The third-order valence-corrected chi connectivity index (χ3v) is 3.60. The molecule has 7 nitrogen and oxygen atoms in total. The summed E-state index contributed by atoms with van der Waals surface area (Å²) in [5.41, 5.74) is 1.86. The van der Waals surface area contributed by atoms with Gasteiger partial charge >= 0.3 is 0 Å². The fraction of sp³-hybridized carbons (Fsp3) is 0.263. The van der Waals surface area contributed by atoms with Crippen LogP contribution < -0.4 is 24.8 Å². The molecule has 0 saturated heterocycles. The lowest BCUT2D eigenvalue weighted by atomic mass is 10.1. The van der Waals surface area contributed by atoms with Gasteiger partial charge in [0.2, 0.25) is 17.6 Å². The van der Waals surface area contributed by atoms with Crippen molar-refractivity contribution >= 4 is 23.2 Å². The van der Waals surface area contributed by atoms with Gasteiger partial charge in [-0.2, -0.15) is 0 Å². The highest BCUT2D eigenvalue weighted by Crippen LogP contribution is 2.39. The van der Waals surface area contributed by atoms with Crippen molar-refractivity contribution in [2.45, 2.75) is 13.3 Å². The van der Waals surface area contributed by atoms with Crippen LogP contribution in [-0.2, 0) is 16.0 Å². The quantitative estimate of drug-likeness (QED) is 0.795. The Balaban J connectivity index is 2.16. The molecular formula is C19H22N2O5. The smallest absolute Gasteiger partial charge is 0.228 e. The summed E-state index contributed by atoms with van der Waals surface area (Å²) in [7, 11) is 4.55. The van der Waals surface area contributed by atoms with Gasteiger partial charge in [-0.05, 0) is 24.3 Å². The molecule has 0 fully saturated rings. The van der Waals surface area contributed by atoms with Gasteiger partial charge in [-0.1, -0.05) is 12.1 Å². The molecule has 2 aromatic carbocycles. The van der Waals surface area contributed by atoms with E-state index in [4.69, 9.17) is 14.2 Å². The number of hydrogen-bond acceptors (Lipinski definition) is 5. The molecular weight excluding hydrogens is 336 g/mol. The molecule has 0 aromatic heterocycles. The van der Waals surface area contributed by atoms with E-state index < -0.39 is 0 Å². The fourth-order valence-electron chi connectivity index (χ4n) is 2.56. The van der Waals surface area contributed by atoms with E-state index in [1.165, 1.54) is 28.3 Å². The second-order valence-corrected chi connectivity index (χ2v) is 5.48. The van der Waals surface area contributed by atoms with Crippen LogP contribution in [0.1, 0.15) is 12.5 Å². The summed E-state index contributed by atoms with van der Waals surface area (Å²) >= 11 is 0. The van der Waals surface area contributed by atoms with Crippen LogP contribution in [0.5, 0.6) is 17.2 Å². The van der Waals surface area contributed by atoms with Crippen molar-refractivity contribution < 1.29 is 23.8 Å². The minimum atomic E-state index is -0.226. The third-order valence-electron chi connectivity index (χ3n) is 3.60. The van der Waals surface area contributed by atoms with Gasteiger partial charge in [0.1, 0.15) is 0 Å². The predicted octanol–water partition coefficient (Wildman–Crippen LogP) is 2.85. The Bertz CT molecular complexity index is 805. The van der Waals surface area contributed by atoms with E-state index in [1.54, 1.807) is 36.4 Å². The van der Waals surface area contributed by atoms with E-state index in [1.807, 2.05) is 0 Å². The summed E-state index contributed by atoms with van der Waals surface area (Å²) in [5.74, 6) is 1.01. The Morgan fingerprint density at radius 3 is 2.12 bits per heavy atom. The van der Waals surface area contributed by atoms with E-state index in [-0.39, 0.29) is 18.2 Å². The number of ether oxygens (including phenoxy) is 3. The van der Waals surface area contributed by atoms with Crippen LogP contribution in [0.25, 0.3) is 0 Å². The Labute approximate surface area is 152 Å². The van der Waals surface area contributed by atoms with Crippen molar-refractivity contribution in [3.05, 3.63) is 42.0 Å². The summed E-state index contributed by atoms with van der Waals surface area (Å²) in [5, 5.41) is 5.48. The molecule has 138 valence electrons. The zero-order chi connectivity index (χ0) is 19.1. The normalized spacial score (nSPS) is 10.0. The highest BCUT2D eigenvalue weighted by Gasteiger charge is 2.18. The SMILES string of the molecule is COc1ccc(CC(=O)Nc2cccc(NC(C)=O)c2)c(OC)c1OC. The maximum absolute atomic E-state index is 12.4. The second kappa shape index (κ2) is 8.75. The van der Waals surface area contributed by atoms with E-state index >= 15 is 0 Å². The number of amides is 2. The first-order valence-electron chi connectivity index (χ1n) is 7.93. The summed E-state index contributed by atoms with van der Waals surface area (Å²) in [4.78, 5) is 23.5. The molecule has 26 heavy (non-hydrogen) atoms. The summed E-state index contributed by atoms with van der Waals surface area (Å²) in [6.07, 6.45) is 0.0912. The van der Waals surface area contributed by atoms with Crippen molar-refractivity contribution in [2.24, 2.45) is 0 Å². The third kappa shape index (κ3) is 4.66. The first-order valence-corrected chi connectivity index (χ1v) is 7.93. The van der Waals surface area contributed by atoms with Crippen molar-refractivity contribution in [1.82, 2.24) is 0 Å². The van der Waals surface area contributed by atoms with Crippen molar-refractivity contribution in [1.29, 1.82) is 0 Å². The average molecular weight is 358 g/mol. The molecule has 2 aromatic rings. The molecule has 0 aliphatic rings. The lowest BCUT2D eigenvalue weighted by molar-refractivity contribution is -0.116. The number of benzene rings is 2. The Morgan fingerprint density at radius 1 is 0.885 bits per heavy atom. The minimum Gasteiger partial charge on any atom is -0.493 e. The number of nitrogens with one attached hydrogen (secondary N) is 2. The molecule has 0 aliphatic heterocycles. The van der Waals surface area contributed by atoms with Gasteiger partial charge in [0.05, 0.1) is 27.8 Å². The van der Waals surface area contributed by atoms with E-state index in [0.29, 0.717) is 34.2 Å². The highest BCUT2D eigenvalue weighted by atomic mass is 16.5. The molecule has 0 aliphatic carbocycles. The minimum absolute atomic E-state index is 0.0912. The van der Waals surface area contributed by atoms with Crippen LogP contribution in [0.2, 0.25) is 0 Å². The second-order valence-electron chi connectivity index (χ2n) is 5.48. The summed E-state index contributed by atoms with van der Waals surface area (Å²) < 4.78 is 16.0. The largest absolute Gasteiger partial charge is 0.493 e. The Morgan fingerprint density at radius 2 is 1.54 bits per heavy atom. The van der Waals surface area contributed by atoms with Crippen LogP contribution in [0.3, 0.4) is 0 Å². The fourth-order valence-corrected chi connectivity index (χ4v) is 2.56. The van der Waals surface area contributed by atoms with Gasteiger partial charge in [0.15, 0.2) is 11.5 Å². The van der Waals surface area contributed by atoms with Crippen LogP contribution in [-0.4, -0.2) is 33.1 Å². The molecule has 0 atom stereocenters. The highest BCUT2D eigenvalue weighted by molar-refractivity contribution is 5.94. The number of hydrogen-bond donors (Lipinski definition) is 2. The number of carbonyl (C=O) groups excluding carboxylic acids is 2. The van der Waals surface area contributed by atoms with E-state index in [2.05, 4.69) is 10.6 Å².